The Balaban J connectivity index is 2.03. The number of hydrogen-bond donors (Lipinski definition) is 0. The number of likely N-dealkylation sites (tertiary alicyclic amines) is 1. The summed E-state index contributed by atoms with van der Waals surface area (Å²) in [5, 5.41) is 0.503. The molecular formula is C18H22ClN3O3. The summed E-state index contributed by atoms with van der Waals surface area (Å²) in [5.74, 6) is 1.90. The third-order valence-corrected chi connectivity index (χ3v) is 4.57. The van der Waals surface area contributed by atoms with Gasteiger partial charge in [0.2, 0.25) is 5.91 Å². The maximum atomic E-state index is 12.4. The second kappa shape index (κ2) is 6.96. The van der Waals surface area contributed by atoms with Gasteiger partial charge in [0.15, 0.2) is 11.5 Å². The van der Waals surface area contributed by atoms with Crippen LogP contribution in [0.1, 0.15) is 26.3 Å². The summed E-state index contributed by atoms with van der Waals surface area (Å²) in [6, 6.07) is 3.29. The second-order valence-corrected chi connectivity index (χ2v) is 6.78. The summed E-state index contributed by atoms with van der Waals surface area (Å²) in [4.78, 5) is 18.5. The van der Waals surface area contributed by atoms with Crippen molar-refractivity contribution in [3.05, 3.63) is 29.5 Å². The number of likely N-dealkylation sites (N-methyl/N-ethyl adjacent to an activating group) is 1. The molecule has 0 bridgehead atoms. The summed E-state index contributed by atoms with van der Waals surface area (Å²) in [6.07, 6.45) is 4.26. The molecule has 1 amide bonds. The van der Waals surface area contributed by atoms with Crippen LogP contribution >= 0.6 is 11.6 Å². The highest BCUT2D eigenvalue weighted by Crippen LogP contribution is 2.39. The first-order valence-corrected chi connectivity index (χ1v) is 8.62. The SMILES string of the molecule is COc1cc(-c2nccn2C2CCN(C)C2=O)c(Cl)cc1OC(C)C. The van der Waals surface area contributed by atoms with Crippen molar-refractivity contribution in [1.82, 2.24) is 14.5 Å². The molecule has 1 atom stereocenters. The predicted molar refractivity (Wildman–Crippen MR) is 96.3 cm³/mol. The molecule has 0 spiro atoms. The van der Waals surface area contributed by atoms with Gasteiger partial charge in [-0.1, -0.05) is 11.6 Å². The number of halogens is 1. The zero-order valence-corrected chi connectivity index (χ0v) is 15.6. The standard InChI is InChI=1S/C18H22ClN3O3/c1-11(2)25-16-10-13(19)12(9-15(16)24-4)17-20-6-8-22(17)14-5-7-21(3)18(14)23/h6,8-11,14H,5,7H2,1-4H3. The molecule has 134 valence electrons. The van der Waals surface area contributed by atoms with E-state index in [-0.39, 0.29) is 18.1 Å². The number of methoxy groups -OCH3 is 1. The highest BCUT2D eigenvalue weighted by Gasteiger charge is 2.32. The summed E-state index contributed by atoms with van der Waals surface area (Å²) >= 11 is 6.49. The minimum absolute atomic E-state index is 0.00412. The van der Waals surface area contributed by atoms with Crippen molar-refractivity contribution in [1.29, 1.82) is 0 Å². The van der Waals surface area contributed by atoms with Gasteiger partial charge in [0.1, 0.15) is 11.9 Å². The molecule has 6 nitrogen and oxygen atoms in total. The summed E-state index contributed by atoms with van der Waals surface area (Å²) in [5.41, 5.74) is 0.710. The number of imidazole rings is 1. The molecule has 1 aromatic heterocycles. The lowest BCUT2D eigenvalue weighted by Gasteiger charge is -2.18. The Hall–Kier alpha value is -2.21. The Labute approximate surface area is 152 Å². The van der Waals surface area contributed by atoms with Crippen LogP contribution < -0.4 is 9.47 Å². The van der Waals surface area contributed by atoms with E-state index < -0.39 is 0 Å². The lowest BCUT2D eigenvalue weighted by atomic mass is 10.1. The topological polar surface area (TPSA) is 56.6 Å². The van der Waals surface area contributed by atoms with Crippen LogP contribution in [0.2, 0.25) is 5.02 Å². The van der Waals surface area contributed by atoms with Crippen molar-refractivity contribution in [2.45, 2.75) is 32.4 Å². The molecule has 0 aliphatic carbocycles. The van der Waals surface area contributed by atoms with Gasteiger partial charge in [0.25, 0.3) is 0 Å². The molecule has 1 aromatic carbocycles. The van der Waals surface area contributed by atoms with Crippen molar-refractivity contribution in [3.8, 4) is 22.9 Å². The number of ether oxygens (including phenoxy) is 2. The van der Waals surface area contributed by atoms with E-state index in [4.69, 9.17) is 21.1 Å². The summed E-state index contributed by atoms with van der Waals surface area (Å²) < 4.78 is 13.1. The molecule has 3 rings (SSSR count). The van der Waals surface area contributed by atoms with Crippen molar-refractivity contribution in [3.63, 3.8) is 0 Å². The summed E-state index contributed by atoms with van der Waals surface area (Å²) in [6.45, 7) is 4.62. The first kappa shape index (κ1) is 17.6. The third-order valence-electron chi connectivity index (χ3n) is 4.26. The van der Waals surface area contributed by atoms with Crippen molar-refractivity contribution >= 4 is 17.5 Å². The fourth-order valence-corrected chi connectivity index (χ4v) is 3.29. The van der Waals surface area contributed by atoms with Crippen LogP contribution in [0.15, 0.2) is 24.5 Å². The van der Waals surface area contributed by atoms with Crippen LogP contribution in [0, 0.1) is 0 Å². The normalized spacial score (nSPS) is 17.4. The van der Waals surface area contributed by atoms with E-state index >= 15 is 0 Å². The largest absolute Gasteiger partial charge is 0.493 e. The zero-order chi connectivity index (χ0) is 18.1. The Kier molecular flexibility index (Phi) is 4.90. The molecule has 2 heterocycles. The molecule has 2 aromatic rings. The van der Waals surface area contributed by atoms with Crippen LogP contribution in [0.5, 0.6) is 11.5 Å². The fraction of sp³-hybridized carbons (Fsp3) is 0.444. The lowest BCUT2D eigenvalue weighted by Crippen LogP contribution is -2.24. The van der Waals surface area contributed by atoms with Crippen LogP contribution in [0.4, 0.5) is 0 Å². The highest BCUT2D eigenvalue weighted by atomic mass is 35.5. The molecule has 1 fully saturated rings. The number of amides is 1. The van der Waals surface area contributed by atoms with E-state index in [1.54, 1.807) is 24.3 Å². The van der Waals surface area contributed by atoms with Gasteiger partial charge in [0.05, 0.1) is 18.2 Å². The minimum Gasteiger partial charge on any atom is -0.493 e. The number of benzene rings is 1. The van der Waals surface area contributed by atoms with E-state index in [9.17, 15) is 4.79 Å². The van der Waals surface area contributed by atoms with Gasteiger partial charge in [0, 0.05) is 37.6 Å². The van der Waals surface area contributed by atoms with E-state index in [0.717, 1.165) is 13.0 Å². The fourth-order valence-electron chi connectivity index (χ4n) is 3.05. The highest BCUT2D eigenvalue weighted by molar-refractivity contribution is 6.33. The average molecular weight is 364 g/mol. The molecule has 7 heteroatoms. The van der Waals surface area contributed by atoms with Crippen molar-refractivity contribution in [2.75, 3.05) is 20.7 Å². The molecule has 1 aliphatic rings. The molecular weight excluding hydrogens is 342 g/mol. The summed E-state index contributed by atoms with van der Waals surface area (Å²) in [7, 11) is 3.40. The maximum Gasteiger partial charge on any atom is 0.245 e. The maximum absolute atomic E-state index is 12.4. The number of aromatic nitrogens is 2. The molecule has 25 heavy (non-hydrogen) atoms. The molecule has 0 N–H and O–H groups in total. The smallest absolute Gasteiger partial charge is 0.245 e. The van der Waals surface area contributed by atoms with Crippen molar-refractivity contribution < 1.29 is 14.3 Å². The molecule has 0 saturated carbocycles. The third kappa shape index (κ3) is 3.31. The van der Waals surface area contributed by atoms with Crippen LogP contribution in [-0.4, -0.2) is 47.2 Å². The molecule has 1 unspecified atom stereocenters. The van der Waals surface area contributed by atoms with Gasteiger partial charge in [-0.05, 0) is 26.3 Å². The average Bonchev–Trinajstić information content (AvgIpc) is 3.15. The van der Waals surface area contributed by atoms with Gasteiger partial charge < -0.3 is 18.9 Å². The van der Waals surface area contributed by atoms with Gasteiger partial charge in [-0.2, -0.15) is 0 Å². The van der Waals surface area contributed by atoms with Crippen LogP contribution in [-0.2, 0) is 4.79 Å². The first-order valence-electron chi connectivity index (χ1n) is 8.24. The monoisotopic (exact) mass is 363 g/mol. The molecule has 1 aliphatic heterocycles. The van der Waals surface area contributed by atoms with Crippen molar-refractivity contribution in [2.24, 2.45) is 0 Å². The van der Waals surface area contributed by atoms with Crippen LogP contribution in [0.25, 0.3) is 11.4 Å². The van der Waals surface area contributed by atoms with E-state index in [1.165, 1.54) is 0 Å². The molecule has 0 radical (unpaired) electrons. The van der Waals surface area contributed by atoms with Gasteiger partial charge in [-0.25, -0.2) is 4.98 Å². The number of nitrogens with zero attached hydrogens (tertiary/aromatic N) is 3. The van der Waals surface area contributed by atoms with Gasteiger partial charge in [-0.15, -0.1) is 0 Å². The van der Waals surface area contributed by atoms with Crippen LogP contribution in [0.3, 0.4) is 0 Å². The van der Waals surface area contributed by atoms with Gasteiger partial charge in [-0.3, -0.25) is 4.79 Å². The van der Waals surface area contributed by atoms with E-state index in [2.05, 4.69) is 4.98 Å². The van der Waals surface area contributed by atoms with E-state index in [1.807, 2.05) is 37.7 Å². The predicted octanol–water partition coefficient (Wildman–Crippen LogP) is 3.40. The Morgan fingerprint density at radius 1 is 1.32 bits per heavy atom. The number of carbonyl (C=O) groups is 1. The second-order valence-electron chi connectivity index (χ2n) is 6.37. The minimum atomic E-state index is -0.254. The molecule has 1 saturated heterocycles. The van der Waals surface area contributed by atoms with Gasteiger partial charge >= 0.3 is 0 Å². The first-order chi connectivity index (χ1) is 11.9. The number of rotatable bonds is 5. The zero-order valence-electron chi connectivity index (χ0n) is 14.8. The lowest BCUT2D eigenvalue weighted by molar-refractivity contribution is -0.129. The Bertz CT molecular complexity index is 788. The van der Waals surface area contributed by atoms with E-state index in [0.29, 0.717) is 27.9 Å². The Morgan fingerprint density at radius 3 is 2.68 bits per heavy atom. The number of carbonyl (C=O) groups excluding carboxylic acids is 1. The quantitative estimate of drug-likeness (QED) is 0.817. The number of hydrogen-bond acceptors (Lipinski definition) is 4. The Morgan fingerprint density at radius 2 is 2.08 bits per heavy atom.